The Morgan fingerprint density at radius 3 is 1.77 bits per heavy atom. The number of aromatic nitrogens is 2. The van der Waals surface area contributed by atoms with Crippen LogP contribution in [0.25, 0.3) is 88.1 Å². The van der Waals surface area contributed by atoms with Crippen LogP contribution in [0.1, 0.15) is 21.6 Å². The Kier molecular flexibility index (Phi) is 6.75. The third-order valence-corrected chi connectivity index (χ3v) is 13.2. The van der Waals surface area contributed by atoms with Gasteiger partial charge in [-0.1, -0.05) is 170 Å². The van der Waals surface area contributed by atoms with E-state index >= 15 is 0 Å². The molecule has 0 unspecified atom stereocenters. The third kappa shape index (κ3) is 4.49. The average Bonchev–Trinajstić information content (AvgIpc) is 3.90. The molecule has 12 rings (SSSR count). The number of fused-ring (bicyclic) bond motifs is 13. The lowest BCUT2D eigenvalue weighted by atomic mass is 9.73. The molecule has 2 heterocycles. The first-order valence-electron chi connectivity index (χ1n) is 19.1. The molecule has 0 fully saturated rings. The molecule has 0 bridgehead atoms. The predicted octanol–water partition coefficient (Wildman–Crippen LogP) is 13.9. The fourth-order valence-corrected chi connectivity index (χ4v) is 10.8. The van der Waals surface area contributed by atoms with Crippen molar-refractivity contribution in [2.24, 2.45) is 0 Å². The normalized spacial score (nSPS) is 13.1. The molecule has 0 saturated heterocycles. The molecule has 3 heteroatoms. The second-order valence-corrected chi connectivity index (χ2v) is 15.9. The molecule has 0 aliphatic heterocycles. The maximum absolute atomic E-state index is 5.18. The molecular weight excluding hydrogens is 697 g/mol. The molecule has 56 heavy (non-hydrogen) atoms. The molecule has 0 N–H and O–H groups in total. The highest BCUT2D eigenvalue weighted by atomic mass is 32.1. The predicted molar refractivity (Wildman–Crippen MR) is 233 cm³/mol. The summed E-state index contributed by atoms with van der Waals surface area (Å²) in [6.45, 7) is 0. The van der Waals surface area contributed by atoms with Crippen LogP contribution in [0.2, 0.25) is 0 Å². The van der Waals surface area contributed by atoms with Crippen molar-refractivity contribution in [3.05, 3.63) is 216 Å². The Hall–Kier alpha value is -6.94. The minimum Gasteiger partial charge on any atom is -0.228 e. The highest BCUT2D eigenvalue weighted by molar-refractivity contribution is 7.20. The van der Waals surface area contributed by atoms with Gasteiger partial charge in [0.2, 0.25) is 0 Å². The zero-order chi connectivity index (χ0) is 36.8. The number of thiophene rings is 1. The lowest BCUT2D eigenvalue weighted by Gasteiger charge is -2.29. The van der Waals surface area contributed by atoms with Gasteiger partial charge >= 0.3 is 0 Å². The van der Waals surface area contributed by atoms with Crippen molar-refractivity contribution < 1.29 is 0 Å². The van der Waals surface area contributed by atoms with Crippen molar-refractivity contribution in [1.82, 2.24) is 9.97 Å². The van der Waals surface area contributed by atoms with Gasteiger partial charge in [0.1, 0.15) is 0 Å². The molecule has 0 radical (unpaired) electrons. The molecule has 2 aliphatic rings. The van der Waals surface area contributed by atoms with Crippen LogP contribution in [0.15, 0.2) is 194 Å². The van der Waals surface area contributed by atoms with Crippen molar-refractivity contribution in [2.75, 3.05) is 0 Å². The summed E-state index contributed by atoms with van der Waals surface area (Å²) in [7, 11) is 0. The first-order chi connectivity index (χ1) is 27.7. The van der Waals surface area contributed by atoms with Crippen LogP contribution < -0.4 is 0 Å². The van der Waals surface area contributed by atoms with Gasteiger partial charge in [-0.25, -0.2) is 9.97 Å². The average molecular weight is 729 g/mol. The molecule has 0 atom stereocenters. The highest BCUT2D eigenvalue weighted by Crippen LogP contribution is 2.66. The molecule has 0 saturated carbocycles. The largest absolute Gasteiger partial charge is 0.228 e. The number of nitrogens with zero attached hydrogens (tertiary/aromatic N) is 2. The summed E-state index contributed by atoms with van der Waals surface area (Å²) < 4.78 is 1.34. The van der Waals surface area contributed by atoms with Gasteiger partial charge in [0, 0.05) is 37.2 Å². The SMILES string of the molecule is c1ccc(-c2cc(-c3ccc4ccccc4c3)nc(-c3ccc(-c4ccc5c(c4)C4(c6ccccc6-c6ccccc64)c4sc6ccccc6c4-5)cc3)n2)cc1. The van der Waals surface area contributed by atoms with Gasteiger partial charge in [0.25, 0.3) is 0 Å². The summed E-state index contributed by atoms with van der Waals surface area (Å²) in [6, 6.07) is 70.5. The van der Waals surface area contributed by atoms with E-state index in [0.29, 0.717) is 5.82 Å². The first kappa shape index (κ1) is 31.4. The van der Waals surface area contributed by atoms with E-state index in [2.05, 4.69) is 188 Å². The fourth-order valence-electron chi connectivity index (χ4n) is 9.36. The summed E-state index contributed by atoms with van der Waals surface area (Å²) in [6.07, 6.45) is 0. The topological polar surface area (TPSA) is 25.8 Å². The second-order valence-electron chi connectivity index (χ2n) is 14.9. The zero-order valence-electron chi connectivity index (χ0n) is 30.3. The Balaban J connectivity index is 1.00. The van der Waals surface area contributed by atoms with Crippen LogP contribution in [0.5, 0.6) is 0 Å². The van der Waals surface area contributed by atoms with Gasteiger partial charge in [-0.15, -0.1) is 11.3 Å². The van der Waals surface area contributed by atoms with Crippen LogP contribution in [-0.2, 0) is 5.41 Å². The monoisotopic (exact) mass is 728 g/mol. The summed E-state index contributed by atoms with van der Waals surface area (Å²) >= 11 is 1.95. The van der Waals surface area contributed by atoms with Crippen molar-refractivity contribution in [1.29, 1.82) is 0 Å². The van der Waals surface area contributed by atoms with E-state index in [1.807, 2.05) is 17.4 Å². The lowest BCUT2D eigenvalue weighted by molar-refractivity contribution is 0.812. The number of benzene rings is 8. The van der Waals surface area contributed by atoms with Crippen molar-refractivity contribution in [3.8, 4) is 67.3 Å². The molecule has 10 aromatic rings. The third-order valence-electron chi connectivity index (χ3n) is 11.9. The fraction of sp³-hybridized carbons (Fsp3) is 0.0189. The van der Waals surface area contributed by atoms with E-state index < -0.39 is 0 Å². The van der Waals surface area contributed by atoms with Crippen LogP contribution >= 0.6 is 11.3 Å². The van der Waals surface area contributed by atoms with Crippen LogP contribution in [0, 0.1) is 0 Å². The number of hydrogen-bond donors (Lipinski definition) is 0. The smallest absolute Gasteiger partial charge is 0.160 e. The summed E-state index contributed by atoms with van der Waals surface area (Å²) in [4.78, 5) is 11.7. The van der Waals surface area contributed by atoms with Gasteiger partial charge in [0.05, 0.1) is 16.8 Å². The Bertz CT molecular complexity index is 3150. The maximum Gasteiger partial charge on any atom is 0.160 e. The summed E-state index contributed by atoms with van der Waals surface area (Å²) in [5, 5.41) is 3.75. The Labute approximate surface area is 329 Å². The van der Waals surface area contributed by atoms with E-state index in [1.54, 1.807) is 0 Å². The van der Waals surface area contributed by atoms with Gasteiger partial charge in [-0.05, 0) is 79.5 Å². The summed E-state index contributed by atoms with van der Waals surface area (Å²) in [5.41, 5.74) is 16.4. The molecule has 8 aromatic carbocycles. The van der Waals surface area contributed by atoms with Crippen LogP contribution in [0.4, 0.5) is 0 Å². The molecule has 1 spiro atoms. The Morgan fingerprint density at radius 1 is 0.375 bits per heavy atom. The summed E-state index contributed by atoms with van der Waals surface area (Å²) in [5.74, 6) is 0.712. The molecular formula is C53H32N2S. The minimum atomic E-state index is -0.373. The van der Waals surface area contributed by atoms with E-state index in [4.69, 9.17) is 9.97 Å². The Morgan fingerprint density at radius 2 is 0.982 bits per heavy atom. The van der Waals surface area contributed by atoms with Crippen molar-refractivity contribution in [3.63, 3.8) is 0 Å². The molecule has 2 nitrogen and oxygen atoms in total. The highest BCUT2D eigenvalue weighted by Gasteiger charge is 2.53. The van der Waals surface area contributed by atoms with E-state index in [-0.39, 0.29) is 5.41 Å². The van der Waals surface area contributed by atoms with Crippen LogP contribution in [-0.4, -0.2) is 9.97 Å². The van der Waals surface area contributed by atoms with Gasteiger partial charge in [-0.2, -0.15) is 0 Å². The van der Waals surface area contributed by atoms with Gasteiger partial charge in [0.15, 0.2) is 5.82 Å². The van der Waals surface area contributed by atoms with E-state index in [9.17, 15) is 0 Å². The van der Waals surface area contributed by atoms with Crippen LogP contribution in [0.3, 0.4) is 0 Å². The van der Waals surface area contributed by atoms with Gasteiger partial charge in [-0.3, -0.25) is 0 Å². The standard InChI is InChI=1S/C53H32N2S/c1-2-13-35(14-3-1)47-32-48(39-27-24-33-12-4-5-15-37(33)30-39)55-52(54-47)36-25-22-34(23-26-36)38-28-29-42-46(31-38)53(51-50(42)43-18-8-11-21-49(43)56-51)44-19-9-6-16-40(44)41-17-7-10-20-45(41)53/h1-32H. The quantitative estimate of drug-likeness (QED) is 0.180. The molecule has 2 aliphatic carbocycles. The first-order valence-corrected chi connectivity index (χ1v) is 20.0. The number of hydrogen-bond acceptors (Lipinski definition) is 3. The van der Waals surface area contributed by atoms with E-state index in [0.717, 1.165) is 28.1 Å². The van der Waals surface area contributed by atoms with Gasteiger partial charge < -0.3 is 0 Å². The second kappa shape index (κ2) is 12.0. The lowest BCUT2D eigenvalue weighted by Crippen LogP contribution is -2.24. The maximum atomic E-state index is 5.18. The molecule has 0 amide bonds. The molecule has 260 valence electrons. The van der Waals surface area contributed by atoms with Crippen molar-refractivity contribution in [2.45, 2.75) is 5.41 Å². The zero-order valence-corrected chi connectivity index (χ0v) is 31.1. The molecule has 2 aromatic heterocycles. The van der Waals surface area contributed by atoms with Crippen molar-refractivity contribution >= 4 is 32.2 Å². The van der Waals surface area contributed by atoms with E-state index in [1.165, 1.54) is 75.8 Å². The number of rotatable bonds is 4. The minimum absolute atomic E-state index is 0.373.